The maximum absolute atomic E-state index is 12.1. The molecule has 0 bridgehead atoms. The number of carbonyl (C=O) groups excluding carboxylic acids is 1. The Labute approximate surface area is 120 Å². The molecule has 5 nitrogen and oxygen atoms in total. The molecule has 1 aromatic heterocycles. The van der Waals surface area contributed by atoms with Gasteiger partial charge in [0, 0.05) is 5.56 Å². The van der Waals surface area contributed by atoms with Gasteiger partial charge in [-0.2, -0.15) is 9.78 Å². The van der Waals surface area contributed by atoms with Gasteiger partial charge in [-0.3, -0.25) is 4.79 Å². The minimum Gasteiger partial charge on any atom is -0.465 e. The molecule has 0 spiro atoms. The number of ether oxygens (including phenoxy) is 1. The van der Waals surface area contributed by atoms with Crippen LogP contribution < -0.4 is 5.56 Å². The van der Waals surface area contributed by atoms with Crippen LogP contribution >= 0.6 is 11.6 Å². The van der Waals surface area contributed by atoms with Crippen molar-refractivity contribution in [3.8, 4) is 5.69 Å². The Morgan fingerprint density at radius 3 is 2.60 bits per heavy atom. The van der Waals surface area contributed by atoms with E-state index in [1.807, 2.05) is 6.92 Å². The highest BCUT2D eigenvalue weighted by Gasteiger charge is 2.12. The van der Waals surface area contributed by atoms with Crippen LogP contribution in [0.15, 0.2) is 29.1 Å². The van der Waals surface area contributed by atoms with E-state index in [0.717, 1.165) is 5.56 Å². The van der Waals surface area contributed by atoms with Gasteiger partial charge in [-0.25, -0.2) is 4.79 Å². The van der Waals surface area contributed by atoms with Gasteiger partial charge in [-0.1, -0.05) is 17.7 Å². The summed E-state index contributed by atoms with van der Waals surface area (Å²) in [4.78, 5) is 23.7. The Kier molecular flexibility index (Phi) is 3.90. The van der Waals surface area contributed by atoms with Crippen LogP contribution in [0, 0.1) is 13.8 Å². The lowest BCUT2D eigenvalue weighted by molar-refractivity contribution is 0.0600. The van der Waals surface area contributed by atoms with E-state index in [4.69, 9.17) is 11.6 Å². The van der Waals surface area contributed by atoms with Gasteiger partial charge in [0.25, 0.3) is 5.56 Å². The van der Waals surface area contributed by atoms with Gasteiger partial charge in [-0.05, 0) is 37.6 Å². The van der Waals surface area contributed by atoms with Crippen molar-refractivity contribution >= 4 is 17.6 Å². The number of hydrogen-bond acceptors (Lipinski definition) is 4. The monoisotopic (exact) mass is 292 g/mol. The van der Waals surface area contributed by atoms with Crippen molar-refractivity contribution in [2.75, 3.05) is 7.11 Å². The Morgan fingerprint density at radius 2 is 1.95 bits per heavy atom. The van der Waals surface area contributed by atoms with Crippen LogP contribution in [-0.4, -0.2) is 22.9 Å². The number of hydrogen-bond donors (Lipinski definition) is 0. The van der Waals surface area contributed by atoms with E-state index in [2.05, 4.69) is 9.84 Å². The molecular weight excluding hydrogens is 280 g/mol. The molecule has 0 aliphatic rings. The molecule has 0 saturated heterocycles. The van der Waals surface area contributed by atoms with Crippen LogP contribution in [0.25, 0.3) is 5.69 Å². The first-order valence-electron chi connectivity index (χ1n) is 5.90. The first-order valence-corrected chi connectivity index (χ1v) is 6.27. The number of rotatable bonds is 2. The van der Waals surface area contributed by atoms with Gasteiger partial charge in [0.1, 0.15) is 0 Å². The molecule has 1 heterocycles. The van der Waals surface area contributed by atoms with Crippen LogP contribution in [0.2, 0.25) is 5.15 Å². The predicted molar refractivity (Wildman–Crippen MR) is 75.7 cm³/mol. The summed E-state index contributed by atoms with van der Waals surface area (Å²) in [6, 6.07) is 6.42. The Morgan fingerprint density at radius 1 is 1.25 bits per heavy atom. The smallest absolute Gasteiger partial charge is 0.337 e. The molecule has 2 aromatic rings. The van der Waals surface area contributed by atoms with Crippen molar-refractivity contribution < 1.29 is 9.53 Å². The molecule has 0 unspecified atom stereocenters. The summed E-state index contributed by atoms with van der Waals surface area (Å²) in [6.07, 6.45) is 0. The standard InChI is InChI=1S/C14H13ClN2O3/c1-8-4-5-10(14(19)20-3)7-11(8)17-13(18)9(2)6-12(15)16-17/h4-7H,1-3H3. The van der Waals surface area contributed by atoms with Crippen molar-refractivity contribution in [1.29, 1.82) is 0 Å². The van der Waals surface area contributed by atoms with Crippen molar-refractivity contribution in [2.45, 2.75) is 13.8 Å². The number of carbonyl (C=O) groups is 1. The second kappa shape index (κ2) is 5.46. The molecule has 0 atom stereocenters. The summed E-state index contributed by atoms with van der Waals surface area (Å²) in [5.41, 5.74) is 1.85. The molecule has 1 aromatic carbocycles. The molecule has 2 rings (SSSR count). The highest BCUT2D eigenvalue weighted by molar-refractivity contribution is 6.29. The van der Waals surface area contributed by atoms with Gasteiger partial charge in [0.2, 0.25) is 0 Å². The van der Waals surface area contributed by atoms with E-state index in [1.54, 1.807) is 25.1 Å². The van der Waals surface area contributed by atoms with Gasteiger partial charge in [-0.15, -0.1) is 0 Å². The number of aryl methyl sites for hydroxylation is 2. The van der Waals surface area contributed by atoms with Crippen molar-refractivity contribution in [3.05, 3.63) is 56.5 Å². The fourth-order valence-electron chi connectivity index (χ4n) is 1.82. The SMILES string of the molecule is COC(=O)c1ccc(C)c(-n2nc(Cl)cc(C)c2=O)c1. The Bertz CT molecular complexity index is 738. The fraction of sp³-hybridized carbons (Fsp3) is 0.214. The topological polar surface area (TPSA) is 61.2 Å². The number of methoxy groups -OCH3 is 1. The molecule has 0 amide bonds. The molecule has 0 saturated carbocycles. The van der Waals surface area contributed by atoms with Crippen LogP contribution in [0.4, 0.5) is 0 Å². The molecule has 6 heteroatoms. The van der Waals surface area contributed by atoms with Crippen LogP contribution in [0.3, 0.4) is 0 Å². The zero-order chi connectivity index (χ0) is 14.9. The maximum Gasteiger partial charge on any atom is 0.337 e. The largest absolute Gasteiger partial charge is 0.465 e. The molecule has 0 aliphatic carbocycles. The molecular formula is C14H13ClN2O3. The van der Waals surface area contributed by atoms with Crippen molar-refractivity contribution in [2.24, 2.45) is 0 Å². The summed E-state index contributed by atoms with van der Waals surface area (Å²) in [5, 5.41) is 4.22. The molecule has 20 heavy (non-hydrogen) atoms. The zero-order valence-corrected chi connectivity index (χ0v) is 12.1. The molecule has 0 N–H and O–H groups in total. The van der Waals surface area contributed by atoms with Gasteiger partial charge in [0.05, 0.1) is 18.4 Å². The Balaban J connectivity index is 2.69. The number of aromatic nitrogens is 2. The average molecular weight is 293 g/mol. The minimum absolute atomic E-state index is 0.213. The van der Waals surface area contributed by atoms with Gasteiger partial charge >= 0.3 is 5.97 Å². The second-order valence-electron chi connectivity index (χ2n) is 4.36. The molecule has 0 radical (unpaired) electrons. The third-order valence-electron chi connectivity index (χ3n) is 2.92. The Hall–Kier alpha value is -2.14. The van der Waals surface area contributed by atoms with Crippen LogP contribution in [0.1, 0.15) is 21.5 Å². The first-order chi connectivity index (χ1) is 9.43. The zero-order valence-electron chi connectivity index (χ0n) is 11.3. The van der Waals surface area contributed by atoms with E-state index >= 15 is 0 Å². The fourth-order valence-corrected chi connectivity index (χ4v) is 2.06. The third kappa shape index (κ3) is 2.58. The second-order valence-corrected chi connectivity index (χ2v) is 4.75. The predicted octanol–water partition coefficient (Wildman–Crippen LogP) is 2.29. The maximum atomic E-state index is 12.1. The highest BCUT2D eigenvalue weighted by Crippen LogP contribution is 2.16. The summed E-state index contributed by atoms with van der Waals surface area (Å²) in [7, 11) is 1.30. The van der Waals surface area contributed by atoms with E-state index in [-0.39, 0.29) is 10.7 Å². The number of nitrogens with zero attached hydrogens (tertiary/aromatic N) is 2. The summed E-state index contributed by atoms with van der Waals surface area (Å²) in [6.45, 7) is 3.48. The highest BCUT2D eigenvalue weighted by atomic mass is 35.5. The average Bonchev–Trinajstić information content (AvgIpc) is 2.42. The quantitative estimate of drug-likeness (QED) is 0.797. The van der Waals surface area contributed by atoms with Crippen molar-refractivity contribution in [3.63, 3.8) is 0 Å². The lowest BCUT2D eigenvalue weighted by Crippen LogP contribution is -2.24. The number of esters is 1. The summed E-state index contributed by atoms with van der Waals surface area (Å²) in [5.74, 6) is -0.474. The normalized spacial score (nSPS) is 10.4. The lowest BCUT2D eigenvalue weighted by Gasteiger charge is -2.10. The van der Waals surface area contributed by atoms with Gasteiger partial charge < -0.3 is 4.74 Å². The van der Waals surface area contributed by atoms with Gasteiger partial charge in [0.15, 0.2) is 5.15 Å². The van der Waals surface area contributed by atoms with Crippen LogP contribution in [-0.2, 0) is 4.74 Å². The molecule has 0 fully saturated rings. The molecule has 104 valence electrons. The summed E-state index contributed by atoms with van der Waals surface area (Å²) >= 11 is 5.89. The van der Waals surface area contributed by atoms with E-state index in [1.165, 1.54) is 17.9 Å². The lowest BCUT2D eigenvalue weighted by atomic mass is 10.1. The number of benzene rings is 1. The first kappa shape index (κ1) is 14.3. The van der Waals surface area contributed by atoms with E-state index in [0.29, 0.717) is 16.8 Å². The number of halogens is 1. The third-order valence-corrected chi connectivity index (χ3v) is 3.10. The molecule has 0 aliphatic heterocycles. The van der Waals surface area contributed by atoms with E-state index < -0.39 is 5.97 Å². The minimum atomic E-state index is -0.474. The summed E-state index contributed by atoms with van der Waals surface area (Å²) < 4.78 is 5.87. The van der Waals surface area contributed by atoms with E-state index in [9.17, 15) is 9.59 Å². The van der Waals surface area contributed by atoms with Crippen LogP contribution in [0.5, 0.6) is 0 Å². The van der Waals surface area contributed by atoms with Crippen molar-refractivity contribution in [1.82, 2.24) is 9.78 Å².